The van der Waals surface area contributed by atoms with E-state index in [0.29, 0.717) is 18.0 Å². The molecule has 1 saturated heterocycles. The van der Waals surface area contributed by atoms with Crippen LogP contribution in [0.3, 0.4) is 0 Å². The molecule has 0 spiro atoms. The Balaban J connectivity index is 1.81. The van der Waals surface area contributed by atoms with Crippen molar-refractivity contribution in [2.24, 2.45) is 11.7 Å². The van der Waals surface area contributed by atoms with Crippen LogP contribution in [0.15, 0.2) is 0 Å². The van der Waals surface area contributed by atoms with Crippen LogP contribution in [0.4, 0.5) is 0 Å². The number of nitrogens with two attached hydrogens (primary N) is 1. The SMILES string of the molecule is NC(=O)CONC1CCCCC1C1CCCN1. The molecule has 1 heterocycles. The standard InChI is InChI=1S/C12H23N3O2/c13-12(16)8-17-15-11-5-2-1-4-9(11)10-6-3-7-14-10/h9-11,14-15H,1-8H2,(H2,13,16). The lowest BCUT2D eigenvalue weighted by atomic mass is 9.79. The molecule has 0 aromatic rings. The summed E-state index contributed by atoms with van der Waals surface area (Å²) in [7, 11) is 0. The minimum Gasteiger partial charge on any atom is -0.368 e. The molecule has 3 unspecified atom stereocenters. The molecule has 2 rings (SSSR count). The first-order valence-electron chi connectivity index (χ1n) is 6.66. The van der Waals surface area contributed by atoms with Gasteiger partial charge in [-0.25, -0.2) is 0 Å². The molecule has 2 fully saturated rings. The van der Waals surface area contributed by atoms with Crippen LogP contribution in [0.5, 0.6) is 0 Å². The van der Waals surface area contributed by atoms with Crippen molar-refractivity contribution in [1.82, 2.24) is 10.8 Å². The number of hydrogen-bond acceptors (Lipinski definition) is 4. The number of hydrogen-bond donors (Lipinski definition) is 3. The monoisotopic (exact) mass is 241 g/mol. The zero-order chi connectivity index (χ0) is 12.1. The summed E-state index contributed by atoms with van der Waals surface area (Å²) in [6.45, 7) is 1.09. The number of carbonyl (C=O) groups excluding carboxylic acids is 1. The molecular formula is C12H23N3O2. The Bertz CT molecular complexity index is 254. The fraction of sp³-hybridized carbons (Fsp3) is 0.917. The van der Waals surface area contributed by atoms with Gasteiger partial charge < -0.3 is 11.1 Å². The van der Waals surface area contributed by atoms with Crippen molar-refractivity contribution in [3.05, 3.63) is 0 Å². The van der Waals surface area contributed by atoms with Crippen LogP contribution < -0.4 is 16.5 Å². The largest absolute Gasteiger partial charge is 0.368 e. The second-order valence-electron chi connectivity index (χ2n) is 5.13. The van der Waals surface area contributed by atoms with Gasteiger partial charge in [-0.1, -0.05) is 12.8 Å². The smallest absolute Gasteiger partial charge is 0.245 e. The van der Waals surface area contributed by atoms with Crippen molar-refractivity contribution in [1.29, 1.82) is 0 Å². The molecule has 5 heteroatoms. The molecule has 1 aliphatic carbocycles. The fourth-order valence-corrected chi connectivity index (χ4v) is 3.08. The molecule has 1 aliphatic heterocycles. The second-order valence-corrected chi connectivity index (χ2v) is 5.13. The molecule has 5 nitrogen and oxygen atoms in total. The Hall–Kier alpha value is -0.650. The Kier molecular flexibility index (Phi) is 4.76. The van der Waals surface area contributed by atoms with E-state index < -0.39 is 5.91 Å². The van der Waals surface area contributed by atoms with E-state index in [-0.39, 0.29) is 6.61 Å². The van der Waals surface area contributed by atoms with Crippen molar-refractivity contribution in [3.8, 4) is 0 Å². The van der Waals surface area contributed by atoms with Crippen LogP contribution in [0.2, 0.25) is 0 Å². The molecule has 2 aliphatic rings. The molecule has 0 aromatic carbocycles. The molecule has 0 bridgehead atoms. The minimum absolute atomic E-state index is 0.0404. The normalized spacial score (nSPS) is 33.8. The summed E-state index contributed by atoms with van der Waals surface area (Å²) in [5.74, 6) is 0.197. The fourth-order valence-electron chi connectivity index (χ4n) is 3.08. The maximum Gasteiger partial charge on any atom is 0.245 e. The zero-order valence-corrected chi connectivity index (χ0v) is 10.3. The van der Waals surface area contributed by atoms with E-state index in [2.05, 4.69) is 10.8 Å². The molecule has 0 radical (unpaired) electrons. The minimum atomic E-state index is -0.427. The first-order chi connectivity index (χ1) is 8.27. The molecular weight excluding hydrogens is 218 g/mol. The number of primary amides is 1. The van der Waals surface area contributed by atoms with Crippen LogP contribution in [-0.2, 0) is 9.63 Å². The number of nitrogens with one attached hydrogen (secondary N) is 2. The summed E-state index contributed by atoms with van der Waals surface area (Å²) in [6, 6.07) is 0.976. The molecule has 4 N–H and O–H groups in total. The lowest BCUT2D eigenvalue weighted by Gasteiger charge is -2.35. The third-order valence-corrected chi connectivity index (χ3v) is 3.88. The summed E-state index contributed by atoms with van der Waals surface area (Å²) in [5.41, 5.74) is 8.09. The Labute approximate surface area is 102 Å². The van der Waals surface area contributed by atoms with Gasteiger partial charge in [-0.3, -0.25) is 9.63 Å². The van der Waals surface area contributed by atoms with Crippen molar-refractivity contribution in [2.75, 3.05) is 13.2 Å². The van der Waals surface area contributed by atoms with E-state index in [9.17, 15) is 4.79 Å². The topological polar surface area (TPSA) is 76.4 Å². The molecule has 17 heavy (non-hydrogen) atoms. The highest BCUT2D eigenvalue weighted by molar-refractivity contribution is 5.74. The average molecular weight is 241 g/mol. The Morgan fingerprint density at radius 1 is 1.29 bits per heavy atom. The van der Waals surface area contributed by atoms with Gasteiger partial charge >= 0.3 is 0 Å². The van der Waals surface area contributed by atoms with Gasteiger partial charge in [0, 0.05) is 12.1 Å². The van der Waals surface area contributed by atoms with Crippen molar-refractivity contribution < 1.29 is 9.63 Å². The first kappa shape index (κ1) is 12.8. The highest BCUT2D eigenvalue weighted by Gasteiger charge is 2.33. The van der Waals surface area contributed by atoms with Crippen molar-refractivity contribution >= 4 is 5.91 Å². The lowest BCUT2D eigenvalue weighted by molar-refractivity contribution is -0.127. The van der Waals surface area contributed by atoms with Gasteiger partial charge in [0.1, 0.15) is 6.61 Å². The maximum atomic E-state index is 10.6. The second kappa shape index (κ2) is 6.33. The Morgan fingerprint density at radius 2 is 2.12 bits per heavy atom. The van der Waals surface area contributed by atoms with E-state index in [1.165, 1.54) is 32.1 Å². The molecule has 1 saturated carbocycles. The number of carbonyl (C=O) groups is 1. The van der Waals surface area contributed by atoms with Gasteiger partial charge in [0.2, 0.25) is 5.91 Å². The van der Waals surface area contributed by atoms with Gasteiger partial charge in [-0.2, -0.15) is 5.48 Å². The Morgan fingerprint density at radius 3 is 2.82 bits per heavy atom. The van der Waals surface area contributed by atoms with E-state index in [0.717, 1.165) is 13.0 Å². The zero-order valence-electron chi connectivity index (χ0n) is 10.3. The highest BCUT2D eigenvalue weighted by Crippen LogP contribution is 2.30. The summed E-state index contributed by atoms with van der Waals surface area (Å²) in [5, 5.41) is 3.57. The van der Waals surface area contributed by atoms with E-state index in [1.807, 2.05) is 0 Å². The summed E-state index contributed by atoms with van der Waals surface area (Å²) in [4.78, 5) is 15.8. The van der Waals surface area contributed by atoms with Crippen LogP contribution in [-0.4, -0.2) is 31.1 Å². The average Bonchev–Trinajstić information content (AvgIpc) is 2.82. The van der Waals surface area contributed by atoms with E-state index in [4.69, 9.17) is 10.6 Å². The van der Waals surface area contributed by atoms with Gasteiger partial charge in [-0.05, 0) is 38.1 Å². The van der Waals surface area contributed by atoms with Crippen LogP contribution in [0.25, 0.3) is 0 Å². The summed E-state index contributed by atoms with van der Waals surface area (Å²) in [6.07, 6.45) is 7.45. The quantitative estimate of drug-likeness (QED) is 0.605. The van der Waals surface area contributed by atoms with Crippen molar-refractivity contribution in [3.63, 3.8) is 0 Å². The predicted molar refractivity (Wildman–Crippen MR) is 65.1 cm³/mol. The van der Waals surface area contributed by atoms with Gasteiger partial charge in [0.15, 0.2) is 0 Å². The predicted octanol–water partition coefficient (Wildman–Crippen LogP) is 0.304. The summed E-state index contributed by atoms with van der Waals surface area (Å²) >= 11 is 0. The van der Waals surface area contributed by atoms with Crippen molar-refractivity contribution in [2.45, 2.75) is 50.6 Å². The molecule has 0 aromatic heterocycles. The number of rotatable bonds is 5. The molecule has 98 valence electrons. The van der Waals surface area contributed by atoms with Gasteiger partial charge in [-0.15, -0.1) is 0 Å². The molecule has 1 amide bonds. The maximum absolute atomic E-state index is 10.6. The highest BCUT2D eigenvalue weighted by atomic mass is 16.6. The van der Waals surface area contributed by atoms with Gasteiger partial charge in [0.25, 0.3) is 0 Å². The summed E-state index contributed by atoms with van der Waals surface area (Å²) < 4.78 is 0. The van der Waals surface area contributed by atoms with Crippen LogP contribution >= 0.6 is 0 Å². The first-order valence-corrected chi connectivity index (χ1v) is 6.66. The lowest BCUT2D eigenvalue weighted by Crippen LogP contribution is -2.47. The van der Waals surface area contributed by atoms with E-state index >= 15 is 0 Å². The van der Waals surface area contributed by atoms with E-state index in [1.54, 1.807) is 0 Å². The van der Waals surface area contributed by atoms with Crippen LogP contribution in [0.1, 0.15) is 38.5 Å². The third kappa shape index (κ3) is 3.66. The molecule has 3 atom stereocenters. The van der Waals surface area contributed by atoms with Crippen LogP contribution in [0, 0.1) is 5.92 Å². The third-order valence-electron chi connectivity index (χ3n) is 3.88. The van der Waals surface area contributed by atoms with Gasteiger partial charge in [0.05, 0.1) is 0 Å². The number of hydroxylamine groups is 1. The number of amides is 1.